The smallest absolute Gasteiger partial charge is 0.416 e. The first-order valence-corrected chi connectivity index (χ1v) is 10.2. The van der Waals surface area contributed by atoms with E-state index in [-0.39, 0.29) is 18.5 Å². The summed E-state index contributed by atoms with van der Waals surface area (Å²) in [5.74, 6) is 1.00. The fraction of sp³-hybridized carbons (Fsp3) is 0.435. The van der Waals surface area contributed by atoms with E-state index in [1.165, 1.54) is 19.1 Å². The first kappa shape index (κ1) is 23.1. The number of aliphatic hydroxyl groups is 1. The van der Waals surface area contributed by atoms with Gasteiger partial charge in [0.25, 0.3) is 0 Å². The topological polar surface area (TPSA) is 59.0 Å². The van der Waals surface area contributed by atoms with Crippen LogP contribution in [0.1, 0.15) is 35.7 Å². The van der Waals surface area contributed by atoms with Gasteiger partial charge in [0.1, 0.15) is 30.3 Å². The number of ketones is 1. The van der Waals surface area contributed by atoms with Crippen LogP contribution in [0.2, 0.25) is 0 Å². The summed E-state index contributed by atoms with van der Waals surface area (Å²) in [5.41, 5.74) is -0.0880. The molecule has 1 N–H and O–H groups in total. The molecule has 0 saturated carbocycles. The van der Waals surface area contributed by atoms with Gasteiger partial charge in [-0.1, -0.05) is 0 Å². The van der Waals surface area contributed by atoms with Crippen molar-refractivity contribution in [3.05, 3.63) is 59.7 Å². The molecule has 1 fully saturated rings. The Morgan fingerprint density at radius 2 is 1.65 bits per heavy atom. The van der Waals surface area contributed by atoms with Crippen LogP contribution in [0, 0.1) is 0 Å². The van der Waals surface area contributed by atoms with Crippen molar-refractivity contribution in [3.63, 3.8) is 0 Å². The summed E-state index contributed by atoms with van der Waals surface area (Å²) in [4.78, 5) is 13.4. The lowest BCUT2D eigenvalue weighted by Crippen LogP contribution is -2.43. The molecule has 2 aromatic carbocycles. The van der Waals surface area contributed by atoms with Gasteiger partial charge < -0.3 is 19.5 Å². The average Bonchev–Trinajstić information content (AvgIpc) is 2.74. The second-order valence-corrected chi connectivity index (χ2v) is 7.69. The lowest BCUT2D eigenvalue weighted by molar-refractivity contribution is -0.137. The van der Waals surface area contributed by atoms with Gasteiger partial charge in [-0.3, -0.25) is 4.79 Å². The van der Waals surface area contributed by atoms with E-state index in [4.69, 9.17) is 9.47 Å². The van der Waals surface area contributed by atoms with Gasteiger partial charge in [-0.05, 0) is 68.3 Å². The molecule has 1 aliphatic heterocycles. The SMILES string of the molecule is CC(=O)c1ccc(OCC(O)CN2CCC(Oc3ccc(C(F)(F)F)cc3)CC2)cc1. The number of Topliss-reactive ketones (excluding diaryl/α,β-unsaturated/α-hetero) is 1. The largest absolute Gasteiger partial charge is 0.491 e. The van der Waals surface area contributed by atoms with Gasteiger partial charge >= 0.3 is 6.18 Å². The summed E-state index contributed by atoms with van der Waals surface area (Å²) in [6.07, 6.45) is -3.64. The Morgan fingerprint density at radius 3 is 2.19 bits per heavy atom. The van der Waals surface area contributed by atoms with Crippen molar-refractivity contribution in [2.75, 3.05) is 26.2 Å². The molecule has 1 saturated heterocycles. The van der Waals surface area contributed by atoms with Crippen molar-refractivity contribution in [2.45, 2.75) is 38.1 Å². The first-order chi connectivity index (χ1) is 14.7. The second-order valence-electron chi connectivity index (χ2n) is 7.69. The van der Waals surface area contributed by atoms with E-state index in [0.717, 1.165) is 38.1 Å². The van der Waals surface area contributed by atoms with Gasteiger partial charge in [0, 0.05) is 25.2 Å². The standard InChI is InChI=1S/C23H26F3NO4/c1-16(28)17-2-6-20(7-3-17)30-15-19(29)14-27-12-10-22(11-13-27)31-21-8-4-18(5-9-21)23(24,25)26/h2-9,19,22,29H,10-15H2,1H3. The summed E-state index contributed by atoms with van der Waals surface area (Å²) in [5, 5.41) is 10.3. The minimum absolute atomic E-state index is 0.0164. The van der Waals surface area contributed by atoms with E-state index >= 15 is 0 Å². The molecule has 1 unspecified atom stereocenters. The Kier molecular flexibility index (Phi) is 7.56. The van der Waals surface area contributed by atoms with E-state index < -0.39 is 17.8 Å². The fourth-order valence-electron chi connectivity index (χ4n) is 3.45. The first-order valence-electron chi connectivity index (χ1n) is 10.2. The number of alkyl halides is 3. The van der Waals surface area contributed by atoms with Crippen molar-refractivity contribution in [1.29, 1.82) is 0 Å². The van der Waals surface area contributed by atoms with Crippen LogP contribution in [0.3, 0.4) is 0 Å². The van der Waals surface area contributed by atoms with Gasteiger partial charge in [-0.2, -0.15) is 13.2 Å². The highest BCUT2D eigenvalue weighted by molar-refractivity contribution is 5.94. The molecule has 5 nitrogen and oxygen atoms in total. The number of benzene rings is 2. The summed E-state index contributed by atoms with van der Waals surface area (Å²) in [6, 6.07) is 11.5. The number of likely N-dealkylation sites (tertiary alicyclic amines) is 1. The van der Waals surface area contributed by atoms with E-state index in [9.17, 15) is 23.1 Å². The molecule has 0 aliphatic carbocycles. The zero-order chi connectivity index (χ0) is 22.4. The highest BCUT2D eigenvalue weighted by Gasteiger charge is 2.30. The zero-order valence-corrected chi connectivity index (χ0v) is 17.3. The molecule has 0 bridgehead atoms. The zero-order valence-electron chi connectivity index (χ0n) is 17.3. The number of hydrogen-bond donors (Lipinski definition) is 1. The molecule has 0 amide bonds. The van der Waals surface area contributed by atoms with E-state index in [0.29, 0.717) is 23.6 Å². The van der Waals surface area contributed by atoms with Crippen LogP contribution in [0.15, 0.2) is 48.5 Å². The number of nitrogens with zero attached hydrogens (tertiary/aromatic N) is 1. The van der Waals surface area contributed by atoms with Gasteiger partial charge in [-0.15, -0.1) is 0 Å². The number of halogens is 3. The van der Waals surface area contributed by atoms with Crippen LogP contribution in [0.5, 0.6) is 11.5 Å². The number of ether oxygens (including phenoxy) is 2. The molecule has 8 heteroatoms. The van der Waals surface area contributed by atoms with E-state index in [2.05, 4.69) is 4.90 Å². The Labute approximate surface area is 179 Å². The number of β-amino-alcohol motifs (C(OH)–C–C–N with tert-alkyl or cyclic N) is 1. The maximum absolute atomic E-state index is 12.6. The number of piperidine rings is 1. The third-order valence-electron chi connectivity index (χ3n) is 5.19. The fourth-order valence-corrected chi connectivity index (χ4v) is 3.45. The molecule has 1 atom stereocenters. The molecule has 2 aromatic rings. The van der Waals surface area contributed by atoms with Crippen LogP contribution in [-0.2, 0) is 6.18 Å². The van der Waals surface area contributed by atoms with Crippen molar-refractivity contribution in [1.82, 2.24) is 4.90 Å². The van der Waals surface area contributed by atoms with Crippen molar-refractivity contribution in [3.8, 4) is 11.5 Å². The molecule has 0 spiro atoms. The Hall–Kier alpha value is -2.58. The lowest BCUT2D eigenvalue weighted by Gasteiger charge is -2.33. The predicted octanol–water partition coefficient (Wildman–Crippen LogP) is 4.19. The minimum atomic E-state index is -4.35. The molecule has 0 radical (unpaired) electrons. The van der Waals surface area contributed by atoms with Crippen LogP contribution in [-0.4, -0.2) is 54.2 Å². The number of rotatable bonds is 8. The molecule has 31 heavy (non-hydrogen) atoms. The third-order valence-corrected chi connectivity index (χ3v) is 5.19. The molecular weight excluding hydrogens is 411 g/mol. The van der Waals surface area contributed by atoms with E-state index in [1.54, 1.807) is 24.3 Å². The third kappa shape index (κ3) is 6.97. The van der Waals surface area contributed by atoms with E-state index in [1.807, 2.05) is 0 Å². The highest BCUT2D eigenvalue weighted by atomic mass is 19.4. The van der Waals surface area contributed by atoms with Crippen LogP contribution < -0.4 is 9.47 Å². The summed E-state index contributed by atoms with van der Waals surface area (Å²) in [7, 11) is 0. The van der Waals surface area contributed by atoms with Crippen LogP contribution in [0.25, 0.3) is 0 Å². The summed E-state index contributed by atoms with van der Waals surface area (Å²) in [6.45, 7) is 3.53. The number of hydrogen-bond acceptors (Lipinski definition) is 5. The van der Waals surface area contributed by atoms with Gasteiger partial charge in [0.05, 0.1) is 5.56 Å². The maximum atomic E-state index is 12.6. The minimum Gasteiger partial charge on any atom is -0.491 e. The van der Waals surface area contributed by atoms with Crippen LogP contribution >= 0.6 is 0 Å². The van der Waals surface area contributed by atoms with Gasteiger partial charge in [0.2, 0.25) is 0 Å². The Balaban J connectivity index is 1.38. The monoisotopic (exact) mass is 437 g/mol. The maximum Gasteiger partial charge on any atom is 0.416 e. The molecule has 0 aromatic heterocycles. The lowest BCUT2D eigenvalue weighted by atomic mass is 10.1. The molecular formula is C23H26F3NO4. The molecule has 1 aliphatic rings. The predicted molar refractivity (Wildman–Crippen MR) is 109 cm³/mol. The molecule has 3 rings (SSSR count). The molecule has 1 heterocycles. The number of carbonyl (C=O) groups is 1. The summed E-state index contributed by atoms with van der Waals surface area (Å²) >= 11 is 0. The van der Waals surface area contributed by atoms with Crippen molar-refractivity contribution >= 4 is 5.78 Å². The quantitative estimate of drug-likeness (QED) is 0.628. The summed E-state index contributed by atoms with van der Waals surface area (Å²) < 4.78 is 49.3. The van der Waals surface area contributed by atoms with Crippen molar-refractivity contribution in [2.24, 2.45) is 0 Å². The van der Waals surface area contributed by atoms with Gasteiger partial charge in [-0.25, -0.2) is 0 Å². The Morgan fingerprint density at radius 1 is 1.06 bits per heavy atom. The normalized spacial score (nSPS) is 16.7. The number of carbonyl (C=O) groups excluding carboxylic acids is 1. The molecule has 168 valence electrons. The highest BCUT2D eigenvalue weighted by Crippen LogP contribution is 2.30. The van der Waals surface area contributed by atoms with Crippen LogP contribution in [0.4, 0.5) is 13.2 Å². The number of aliphatic hydroxyl groups excluding tert-OH is 1. The Bertz CT molecular complexity index is 845. The average molecular weight is 437 g/mol. The van der Waals surface area contributed by atoms with Crippen molar-refractivity contribution < 1.29 is 32.5 Å². The second kappa shape index (κ2) is 10.2. The van der Waals surface area contributed by atoms with Gasteiger partial charge in [0.15, 0.2) is 5.78 Å².